The number of benzene rings is 3. The lowest BCUT2D eigenvalue weighted by molar-refractivity contribution is -0.136. The van der Waals surface area contributed by atoms with Crippen LogP contribution in [0.25, 0.3) is 0 Å². The highest BCUT2D eigenvalue weighted by molar-refractivity contribution is 9.10. The summed E-state index contributed by atoms with van der Waals surface area (Å²) in [6.45, 7) is 0. The highest BCUT2D eigenvalue weighted by Gasteiger charge is 2.14. The molecule has 0 atom stereocenters. The van der Waals surface area contributed by atoms with Gasteiger partial charge in [0.15, 0.2) is 0 Å². The molecule has 32 heavy (non-hydrogen) atoms. The third kappa shape index (κ3) is 6.65. The van der Waals surface area contributed by atoms with Crippen molar-refractivity contribution in [2.24, 2.45) is 5.10 Å². The van der Waals surface area contributed by atoms with Crippen molar-refractivity contribution in [1.29, 1.82) is 0 Å². The van der Waals surface area contributed by atoms with Crippen molar-refractivity contribution in [2.45, 2.75) is 0 Å². The van der Waals surface area contributed by atoms with Crippen molar-refractivity contribution in [1.82, 2.24) is 5.43 Å². The Morgan fingerprint density at radius 3 is 2.41 bits per heavy atom. The average molecular weight is 535 g/mol. The molecule has 0 saturated carbocycles. The van der Waals surface area contributed by atoms with Gasteiger partial charge in [0.1, 0.15) is 5.75 Å². The van der Waals surface area contributed by atoms with Gasteiger partial charge in [0.05, 0.1) is 16.8 Å². The van der Waals surface area contributed by atoms with Gasteiger partial charge in [-0.3, -0.25) is 9.59 Å². The van der Waals surface area contributed by atoms with E-state index in [-0.39, 0.29) is 16.3 Å². The molecule has 3 aromatic rings. The third-order valence-electron chi connectivity index (χ3n) is 3.91. The van der Waals surface area contributed by atoms with Gasteiger partial charge in [0.25, 0.3) is 0 Å². The molecule has 0 unspecified atom stereocenters. The van der Waals surface area contributed by atoms with Crippen molar-refractivity contribution in [3.8, 4) is 5.75 Å². The number of hydrogen-bond donors (Lipinski definition) is 2. The minimum atomic E-state index is -0.941. The Balaban J connectivity index is 1.57. The van der Waals surface area contributed by atoms with Gasteiger partial charge in [0.2, 0.25) is 0 Å². The molecule has 0 aliphatic rings. The van der Waals surface area contributed by atoms with Crippen LogP contribution in [0.2, 0.25) is 10.0 Å². The fourth-order valence-electron chi connectivity index (χ4n) is 2.41. The smallest absolute Gasteiger partial charge is 0.345 e. The Bertz CT molecular complexity index is 1200. The first kappa shape index (κ1) is 23.5. The van der Waals surface area contributed by atoms with E-state index in [2.05, 4.69) is 31.8 Å². The van der Waals surface area contributed by atoms with Crippen LogP contribution in [0, 0.1) is 0 Å². The van der Waals surface area contributed by atoms with E-state index in [9.17, 15) is 14.4 Å². The fourth-order valence-corrected chi connectivity index (χ4v) is 3.16. The number of hydrazone groups is 1. The minimum absolute atomic E-state index is 0.166. The number of carbonyl (C=O) groups is 3. The zero-order valence-corrected chi connectivity index (χ0v) is 19.2. The molecular weight excluding hydrogens is 521 g/mol. The predicted molar refractivity (Wildman–Crippen MR) is 126 cm³/mol. The molecular formula is C22H14BrCl2N3O4. The lowest BCUT2D eigenvalue weighted by Crippen LogP contribution is -2.32. The first-order valence-electron chi connectivity index (χ1n) is 8.99. The van der Waals surface area contributed by atoms with E-state index >= 15 is 0 Å². The molecule has 0 aromatic heterocycles. The van der Waals surface area contributed by atoms with Crippen molar-refractivity contribution < 1.29 is 19.1 Å². The van der Waals surface area contributed by atoms with E-state index < -0.39 is 17.8 Å². The molecule has 2 N–H and O–H groups in total. The van der Waals surface area contributed by atoms with Gasteiger partial charge >= 0.3 is 17.8 Å². The summed E-state index contributed by atoms with van der Waals surface area (Å²) in [4.78, 5) is 36.1. The second kappa shape index (κ2) is 10.9. The van der Waals surface area contributed by atoms with Crippen molar-refractivity contribution in [3.63, 3.8) is 0 Å². The maximum Gasteiger partial charge on any atom is 0.345 e. The first-order chi connectivity index (χ1) is 15.3. The second-order valence-electron chi connectivity index (χ2n) is 6.25. The van der Waals surface area contributed by atoms with Crippen molar-refractivity contribution in [2.75, 3.05) is 5.32 Å². The Kier molecular flexibility index (Phi) is 7.99. The highest BCUT2D eigenvalue weighted by Crippen LogP contribution is 2.23. The number of anilines is 1. The number of ether oxygens (including phenoxy) is 1. The molecule has 0 fully saturated rings. The number of halogens is 3. The van der Waals surface area contributed by atoms with E-state index in [1.807, 2.05) is 0 Å². The van der Waals surface area contributed by atoms with Crippen LogP contribution >= 0.6 is 39.1 Å². The molecule has 0 aliphatic heterocycles. The summed E-state index contributed by atoms with van der Waals surface area (Å²) in [5, 5.41) is 6.77. The van der Waals surface area contributed by atoms with Crippen LogP contribution in [-0.4, -0.2) is 24.0 Å². The Labute approximate surface area is 201 Å². The lowest BCUT2D eigenvalue weighted by Gasteiger charge is -2.07. The summed E-state index contributed by atoms with van der Waals surface area (Å²) in [5.74, 6) is -2.22. The van der Waals surface area contributed by atoms with E-state index in [0.29, 0.717) is 16.3 Å². The number of carbonyl (C=O) groups excluding carboxylic acids is 3. The molecule has 3 aromatic carbocycles. The van der Waals surface area contributed by atoms with Gasteiger partial charge < -0.3 is 10.1 Å². The number of nitrogens with one attached hydrogen (secondary N) is 2. The van der Waals surface area contributed by atoms with Crippen LogP contribution < -0.4 is 15.5 Å². The van der Waals surface area contributed by atoms with Gasteiger partial charge in [-0.05, 0) is 60.2 Å². The molecule has 0 saturated heterocycles. The summed E-state index contributed by atoms with van der Waals surface area (Å²) in [6, 6.07) is 17.6. The number of amides is 2. The summed E-state index contributed by atoms with van der Waals surface area (Å²) in [6.07, 6.45) is 1.30. The Morgan fingerprint density at radius 1 is 0.938 bits per heavy atom. The lowest BCUT2D eigenvalue weighted by atomic mass is 10.2. The molecule has 0 aliphatic carbocycles. The molecule has 2 amide bonds. The van der Waals surface area contributed by atoms with E-state index in [1.54, 1.807) is 42.5 Å². The van der Waals surface area contributed by atoms with Crippen LogP contribution in [0.3, 0.4) is 0 Å². The minimum Gasteiger partial charge on any atom is -0.423 e. The monoisotopic (exact) mass is 533 g/mol. The van der Waals surface area contributed by atoms with Gasteiger partial charge in [-0.2, -0.15) is 5.10 Å². The molecule has 0 radical (unpaired) electrons. The number of hydrogen-bond acceptors (Lipinski definition) is 5. The van der Waals surface area contributed by atoms with E-state index in [0.717, 1.165) is 4.47 Å². The van der Waals surface area contributed by atoms with Crippen LogP contribution in [0.4, 0.5) is 5.69 Å². The highest BCUT2D eigenvalue weighted by atomic mass is 79.9. The second-order valence-corrected chi connectivity index (χ2v) is 8.01. The summed E-state index contributed by atoms with van der Waals surface area (Å²) in [7, 11) is 0. The SMILES string of the molecule is O=C(N/N=C\c1cccc(OC(=O)c2ccc(Cl)cc2Cl)c1)C(=O)Nc1ccc(Br)cc1. The normalized spacial score (nSPS) is 10.6. The molecule has 3 rings (SSSR count). The average Bonchev–Trinajstić information content (AvgIpc) is 2.75. The maximum absolute atomic E-state index is 12.3. The number of nitrogens with zero attached hydrogens (tertiary/aromatic N) is 1. The van der Waals surface area contributed by atoms with E-state index in [1.165, 1.54) is 30.5 Å². The summed E-state index contributed by atoms with van der Waals surface area (Å²) >= 11 is 15.1. The summed E-state index contributed by atoms with van der Waals surface area (Å²) < 4.78 is 6.16. The standard InChI is InChI=1S/C22H14BrCl2N3O4/c23-14-4-7-16(8-5-14)27-20(29)21(30)28-26-12-13-2-1-3-17(10-13)32-22(31)18-9-6-15(24)11-19(18)25/h1-12H,(H,27,29)(H,28,30)/b26-12-. The molecule has 162 valence electrons. The maximum atomic E-state index is 12.3. The molecule has 10 heteroatoms. The predicted octanol–water partition coefficient (Wildman–Crippen LogP) is 5.06. The zero-order chi connectivity index (χ0) is 23.1. The molecule has 0 heterocycles. The van der Waals surface area contributed by atoms with Crippen molar-refractivity contribution in [3.05, 3.63) is 92.4 Å². The third-order valence-corrected chi connectivity index (χ3v) is 4.98. The Hall–Kier alpha value is -3.20. The largest absolute Gasteiger partial charge is 0.423 e. The van der Waals surface area contributed by atoms with Gasteiger partial charge in [0, 0.05) is 15.2 Å². The zero-order valence-electron chi connectivity index (χ0n) is 16.1. The number of rotatable bonds is 5. The molecule has 7 nitrogen and oxygen atoms in total. The first-order valence-corrected chi connectivity index (χ1v) is 10.5. The van der Waals surface area contributed by atoms with Gasteiger partial charge in [-0.25, -0.2) is 10.2 Å². The topological polar surface area (TPSA) is 96.9 Å². The van der Waals surface area contributed by atoms with Crippen molar-refractivity contribution >= 4 is 68.8 Å². The van der Waals surface area contributed by atoms with E-state index in [4.69, 9.17) is 27.9 Å². The summed E-state index contributed by atoms with van der Waals surface area (Å²) in [5.41, 5.74) is 3.28. The van der Waals surface area contributed by atoms with Gasteiger partial charge in [-0.15, -0.1) is 0 Å². The Morgan fingerprint density at radius 2 is 1.69 bits per heavy atom. The molecule has 0 bridgehead atoms. The van der Waals surface area contributed by atoms with Gasteiger partial charge in [-0.1, -0.05) is 51.3 Å². The van der Waals surface area contributed by atoms with Crippen LogP contribution in [-0.2, 0) is 9.59 Å². The number of esters is 1. The fraction of sp³-hybridized carbons (Fsp3) is 0. The molecule has 0 spiro atoms. The quantitative estimate of drug-likeness (QED) is 0.157. The van der Waals surface area contributed by atoms with Crippen LogP contribution in [0.15, 0.2) is 76.3 Å². The van der Waals surface area contributed by atoms with Crippen LogP contribution in [0.1, 0.15) is 15.9 Å². The van der Waals surface area contributed by atoms with Crippen LogP contribution in [0.5, 0.6) is 5.75 Å².